The van der Waals surface area contributed by atoms with Crippen molar-refractivity contribution in [2.75, 3.05) is 0 Å². The maximum atomic E-state index is 13.1. The Morgan fingerprint density at radius 1 is 1.32 bits per heavy atom. The highest BCUT2D eigenvalue weighted by atomic mass is 19.1. The molecule has 0 radical (unpaired) electrons. The molecule has 1 aliphatic rings. The van der Waals surface area contributed by atoms with Crippen molar-refractivity contribution in [2.45, 2.75) is 64.2 Å². The predicted octanol–water partition coefficient (Wildman–Crippen LogP) is 3.48. The number of hydrogen-bond acceptors (Lipinski definition) is 2. The van der Waals surface area contributed by atoms with Gasteiger partial charge in [0.15, 0.2) is 0 Å². The molecule has 0 spiro atoms. The monoisotopic (exact) mass is 264 g/mol. The molecule has 1 saturated heterocycles. The summed E-state index contributed by atoms with van der Waals surface area (Å²) in [7, 11) is 0. The topological polar surface area (TPSA) is 29.3 Å². The molecule has 3 heteroatoms. The molecule has 0 aliphatic carbocycles. The number of rotatable bonds is 4. The van der Waals surface area contributed by atoms with Crippen molar-refractivity contribution in [1.29, 1.82) is 0 Å². The first-order valence-corrected chi connectivity index (χ1v) is 7.33. The third-order valence-electron chi connectivity index (χ3n) is 4.35. The molecule has 2 rings (SSSR count). The highest BCUT2D eigenvalue weighted by molar-refractivity contribution is 5.22. The average Bonchev–Trinajstić information content (AvgIpc) is 2.73. The van der Waals surface area contributed by atoms with E-state index in [-0.39, 0.29) is 17.9 Å². The van der Waals surface area contributed by atoms with E-state index in [0.29, 0.717) is 12.1 Å². The number of nitrogens with two attached hydrogens (primary N) is 1. The summed E-state index contributed by atoms with van der Waals surface area (Å²) in [6.07, 6.45) is 3.61. The minimum Gasteiger partial charge on any atom is -0.326 e. The van der Waals surface area contributed by atoms with Crippen molar-refractivity contribution in [1.82, 2.24) is 4.90 Å². The Hall–Kier alpha value is -0.930. The zero-order chi connectivity index (χ0) is 14.0. The highest BCUT2D eigenvalue weighted by Crippen LogP contribution is 2.36. The van der Waals surface area contributed by atoms with Crippen molar-refractivity contribution >= 4 is 0 Å². The fourth-order valence-corrected chi connectivity index (χ4v) is 3.42. The van der Waals surface area contributed by atoms with Crippen molar-refractivity contribution in [2.24, 2.45) is 5.73 Å². The van der Waals surface area contributed by atoms with E-state index in [1.165, 1.54) is 25.0 Å². The Morgan fingerprint density at radius 2 is 1.95 bits per heavy atom. The third-order valence-corrected chi connectivity index (χ3v) is 4.35. The van der Waals surface area contributed by atoms with Gasteiger partial charge in [-0.2, -0.15) is 0 Å². The molecule has 19 heavy (non-hydrogen) atoms. The first-order chi connectivity index (χ1) is 9.04. The van der Waals surface area contributed by atoms with Crippen LogP contribution in [0.3, 0.4) is 0 Å². The van der Waals surface area contributed by atoms with Gasteiger partial charge in [0.2, 0.25) is 0 Å². The van der Waals surface area contributed by atoms with Crippen LogP contribution in [-0.2, 0) is 0 Å². The van der Waals surface area contributed by atoms with Gasteiger partial charge in [0.1, 0.15) is 5.82 Å². The molecule has 2 nitrogen and oxygen atoms in total. The SMILES string of the molecule is CCC1CCC(C)N1C(c1ccc(F)cc1)C(C)N. The lowest BCUT2D eigenvalue weighted by Crippen LogP contribution is -2.45. The van der Waals surface area contributed by atoms with E-state index in [2.05, 4.69) is 18.7 Å². The van der Waals surface area contributed by atoms with Crippen LogP contribution < -0.4 is 5.73 Å². The van der Waals surface area contributed by atoms with Gasteiger partial charge in [0, 0.05) is 18.1 Å². The summed E-state index contributed by atoms with van der Waals surface area (Å²) in [6.45, 7) is 6.55. The van der Waals surface area contributed by atoms with Crippen molar-refractivity contribution in [3.8, 4) is 0 Å². The smallest absolute Gasteiger partial charge is 0.123 e. The van der Waals surface area contributed by atoms with E-state index in [4.69, 9.17) is 5.73 Å². The summed E-state index contributed by atoms with van der Waals surface area (Å²) in [4.78, 5) is 2.54. The van der Waals surface area contributed by atoms with E-state index >= 15 is 0 Å². The van der Waals surface area contributed by atoms with Crippen LogP contribution in [0.4, 0.5) is 4.39 Å². The van der Waals surface area contributed by atoms with Crippen LogP contribution in [0.2, 0.25) is 0 Å². The minimum absolute atomic E-state index is 0.0417. The zero-order valence-electron chi connectivity index (χ0n) is 12.1. The van der Waals surface area contributed by atoms with Gasteiger partial charge >= 0.3 is 0 Å². The van der Waals surface area contributed by atoms with Gasteiger partial charge in [0.25, 0.3) is 0 Å². The van der Waals surface area contributed by atoms with Gasteiger partial charge in [-0.25, -0.2) is 4.39 Å². The van der Waals surface area contributed by atoms with E-state index in [9.17, 15) is 4.39 Å². The van der Waals surface area contributed by atoms with Crippen LogP contribution in [0.25, 0.3) is 0 Å². The molecule has 1 aliphatic heterocycles. The van der Waals surface area contributed by atoms with Crippen molar-refractivity contribution in [3.05, 3.63) is 35.6 Å². The fourth-order valence-electron chi connectivity index (χ4n) is 3.42. The van der Waals surface area contributed by atoms with E-state index < -0.39 is 0 Å². The first-order valence-electron chi connectivity index (χ1n) is 7.33. The van der Waals surface area contributed by atoms with Crippen molar-refractivity contribution < 1.29 is 4.39 Å². The Kier molecular flexibility index (Phi) is 4.58. The molecule has 1 aromatic carbocycles. The Morgan fingerprint density at radius 3 is 2.47 bits per heavy atom. The molecule has 1 fully saturated rings. The summed E-state index contributed by atoms with van der Waals surface area (Å²) >= 11 is 0. The zero-order valence-corrected chi connectivity index (χ0v) is 12.1. The summed E-state index contributed by atoms with van der Waals surface area (Å²) in [5.41, 5.74) is 7.36. The van der Waals surface area contributed by atoms with Gasteiger partial charge in [-0.1, -0.05) is 19.1 Å². The van der Waals surface area contributed by atoms with Gasteiger partial charge in [-0.15, -0.1) is 0 Å². The summed E-state index contributed by atoms with van der Waals surface area (Å²) in [5.74, 6) is -0.186. The maximum Gasteiger partial charge on any atom is 0.123 e. The van der Waals surface area contributed by atoms with E-state index in [1.54, 1.807) is 0 Å². The van der Waals surface area contributed by atoms with Gasteiger partial charge in [-0.05, 0) is 50.8 Å². The van der Waals surface area contributed by atoms with Crippen molar-refractivity contribution in [3.63, 3.8) is 0 Å². The third kappa shape index (κ3) is 2.98. The highest BCUT2D eigenvalue weighted by Gasteiger charge is 2.36. The molecule has 1 heterocycles. The van der Waals surface area contributed by atoms with Crippen LogP contribution in [0.1, 0.15) is 51.6 Å². The summed E-state index contributed by atoms with van der Waals surface area (Å²) in [6, 6.07) is 8.19. The lowest BCUT2D eigenvalue weighted by Gasteiger charge is -2.38. The Balaban J connectivity index is 2.31. The second-order valence-electron chi connectivity index (χ2n) is 5.79. The van der Waals surface area contributed by atoms with Gasteiger partial charge in [-0.3, -0.25) is 4.90 Å². The second kappa shape index (κ2) is 6.02. The van der Waals surface area contributed by atoms with Crippen LogP contribution >= 0.6 is 0 Å². The van der Waals surface area contributed by atoms with E-state index in [0.717, 1.165) is 12.0 Å². The molecule has 1 aromatic rings. The van der Waals surface area contributed by atoms with Gasteiger partial charge in [0.05, 0.1) is 6.04 Å². The lowest BCUT2D eigenvalue weighted by molar-refractivity contribution is 0.117. The molecule has 106 valence electrons. The molecular formula is C16H25FN2. The number of halogens is 1. The number of likely N-dealkylation sites (tertiary alicyclic amines) is 1. The maximum absolute atomic E-state index is 13.1. The van der Waals surface area contributed by atoms with Crippen LogP contribution in [0, 0.1) is 5.82 Å². The summed E-state index contributed by atoms with van der Waals surface area (Å²) in [5, 5.41) is 0. The Bertz CT molecular complexity index is 402. The number of benzene rings is 1. The largest absolute Gasteiger partial charge is 0.326 e. The lowest BCUT2D eigenvalue weighted by atomic mass is 9.97. The minimum atomic E-state index is -0.186. The van der Waals surface area contributed by atoms with Gasteiger partial charge < -0.3 is 5.73 Å². The molecular weight excluding hydrogens is 239 g/mol. The van der Waals surface area contributed by atoms with Crippen LogP contribution in [-0.4, -0.2) is 23.0 Å². The summed E-state index contributed by atoms with van der Waals surface area (Å²) < 4.78 is 13.1. The molecule has 0 saturated carbocycles. The average molecular weight is 264 g/mol. The second-order valence-corrected chi connectivity index (χ2v) is 5.79. The van der Waals surface area contributed by atoms with Crippen LogP contribution in [0.5, 0.6) is 0 Å². The quantitative estimate of drug-likeness (QED) is 0.902. The molecule has 2 N–H and O–H groups in total. The first kappa shape index (κ1) is 14.5. The molecule has 0 amide bonds. The number of hydrogen-bond donors (Lipinski definition) is 1. The normalized spacial score (nSPS) is 27.4. The predicted molar refractivity (Wildman–Crippen MR) is 77.4 cm³/mol. The van der Waals surface area contributed by atoms with E-state index in [1.807, 2.05) is 19.1 Å². The Labute approximate surface area is 115 Å². The van der Waals surface area contributed by atoms with Crippen LogP contribution in [0.15, 0.2) is 24.3 Å². The molecule has 0 bridgehead atoms. The molecule has 4 atom stereocenters. The molecule has 0 aromatic heterocycles. The number of nitrogens with zero attached hydrogens (tertiary/aromatic N) is 1. The standard InChI is InChI=1S/C16H25FN2/c1-4-15-10-5-11(2)19(15)16(12(3)18)13-6-8-14(17)9-7-13/h6-9,11-12,15-16H,4-5,10,18H2,1-3H3. The fraction of sp³-hybridized carbons (Fsp3) is 0.625. The molecule has 4 unspecified atom stereocenters.